The van der Waals surface area contributed by atoms with Crippen molar-refractivity contribution in [3.63, 3.8) is 0 Å². The number of hydrogen-bond acceptors (Lipinski definition) is 5. The van der Waals surface area contributed by atoms with E-state index >= 15 is 0 Å². The quantitative estimate of drug-likeness (QED) is 0.595. The number of amides is 2. The molecule has 3 aromatic rings. The van der Waals surface area contributed by atoms with Gasteiger partial charge in [-0.2, -0.15) is 0 Å². The number of carbonyl (C=O) groups excluding carboxylic acids is 1. The maximum atomic E-state index is 13.4. The van der Waals surface area contributed by atoms with Crippen molar-refractivity contribution in [1.82, 2.24) is 9.88 Å². The number of halogens is 1. The lowest BCUT2D eigenvalue weighted by molar-refractivity contribution is 0.256. The largest absolute Gasteiger partial charge is 0.508 e. The number of urea groups is 1. The molecule has 1 fully saturated rings. The van der Waals surface area contributed by atoms with E-state index in [-0.39, 0.29) is 24.1 Å². The molecule has 2 amide bonds. The third kappa shape index (κ3) is 5.33. The highest BCUT2D eigenvalue weighted by atomic mass is 19.1. The number of phenolic OH excluding ortho intramolecular Hbond substituents is 1. The van der Waals surface area contributed by atoms with E-state index in [1.807, 2.05) is 12.1 Å². The molecule has 1 saturated heterocycles. The summed E-state index contributed by atoms with van der Waals surface area (Å²) >= 11 is 0. The molecule has 2 N–H and O–H groups in total. The first-order valence-electron chi connectivity index (χ1n) is 10.5. The number of aromatic nitrogens is 1. The van der Waals surface area contributed by atoms with E-state index in [0.29, 0.717) is 11.4 Å². The number of phenols is 1. The molecule has 0 bridgehead atoms. The Hall–Kier alpha value is -3.65. The number of aromatic hydroxyl groups is 1. The lowest BCUT2D eigenvalue weighted by Crippen LogP contribution is -2.44. The van der Waals surface area contributed by atoms with Crippen molar-refractivity contribution in [3.05, 3.63) is 78.2 Å². The summed E-state index contributed by atoms with van der Waals surface area (Å²) in [6.07, 6.45) is 1.78. The molecule has 2 aromatic carbocycles. The zero-order chi connectivity index (χ0) is 22.5. The summed E-state index contributed by atoms with van der Waals surface area (Å²) in [4.78, 5) is 23.7. The fourth-order valence-corrected chi connectivity index (χ4v) is 3.55. The van der Waals surface area contributed by atoms with Crippen molar-refractivity contribution in [2.45, 2.75) is 6.54 Å². The SMILES string of the molecule is CN1CCN(c2ccc(CN(C(=O)Nc3ccc(O)cc3)c3ccc(F)cc3)cn2)CC1. The van der Waals surface area contributed by atoms with Crippen LogP contribution in [0.3, 0.4) is 0 Å². The summed E-state index contributed by atoms with van der Waals surface area (Å²) < 4.78 is 13.4. The monoisotopic (exact) mass is 435 g/mol. The van der Waals surface area contributed by atoms with Crippen molar-refractivity contribution in [2.75, 3.05) is 48.3 Å². The van der Waals surface area contributed by atoms with Crippen LogP contribution >= 0.6 is 0 Å². The van der Waals surface area contributed by atoms with Gasteiger partial charge in [0.25, 0.3) is 0 Å². The molecule has 166 valence electrons. The first-order chi connectivity index (χ1) is 15.5. The van der Waals surface area contributed by atoms with Crippen LogP contribution in [0.4, 0.5) is 26.4 Å². The number of likely N-dealkylation sites (N-methyl/N-ethyl adjacent to an activating group) is 1. The summed E-state index contributed by atoms with van der Waals surface area (Å²) in [5.74, 6) is 0.666. The number of carbonyl (C=O) groups is 1. The number of pyridine rings is 1. The van der Waals surface area contributed by atoms with Gasteiger partial charge in [0, 0.05) is 43.8 Å². The van der Waals surface area contributed by atoms with Gasteiger partial charge in [0.2, 0.25) is 0 Å². The highest BCUT2D eigenvalue weighted by Gasteiger charge is 2.19. The zero-order valence-corrected chi connectivity index (χ0v) is 17.9. The number of anilines is 3. The molecule has 0 atom stereocenters. The highest BCUT2D eigenvalue weighted by Crippen LogP contribution is 2.22. The van der Waals surface area contributed by atoms with E-state index in [9.17, 15) is 14.3 Å². The maximum Gasteiger partial charge on any atom is 0.326 e. The fourth-order valence-electron chi connectivity index (χ4n) is 3.55. The Balaban J connectivity index is 1.51. The molecule has 4 rings (SSSR count). The summed E-state index contributed by atoms with van der Waals surface area (Å²) in [6.45, 7) is 4.13. The molecule has 0 saturated carbocycles. The van der Waals surface area contributed by atoms with Gasteiger partial charge in [0.1, 0.15) is 17.4 Å². The Morgan fingerprint density at radius 3 is 2.34 bits per heavy atom. The minimum Gasteiger partial charge on any atom is -0.508 e. The minimum absolute atomic E-state index is 0.116. The Morgan fingerprint density at radius 2 is 1.72 bits per heavy atom. The highest BCUT2D eigenvalue weighted by molar-refractivity contribution is 6.01. The summed E-state index contributed by atoms with van der Waals surface area (Å²) in [5, 5.41) is 12.3. The van der Waals surface area contributed by atoms with Crippen molar-refractivity contribution in [2.24, 2.45) is 0 Å². The van der Waals surface area contributed by atoms with E-state index < -0.39 is 0 Å². The fraction of sp³-hybridized carbons (Fsp3) is 0.250. The van der Waals surface area contributed by atoms with Gasteiger partial charge in [-0.3, -0.25) is 4.90 Å². The van der Waals surface area contributed by atoms with E-state index in [4.69, 9.17) is 0 Å². The number of nitrogens with zero attached hydrogens (tertiary/aromatic N) is 4. The first-order valence-corrected chi connectivity index (χ1v) is 10.5. The number of hydrogen-bond donors (Lipinski definition) is 2. The third-order valence-corrected chi connectivity index (χ3v) is 5.48. The minimum atomic E-state index is -0.370. The molecule has 0 spiro atoms. The molecular formula is C24H26FN5O2. The van der Waals surface area contributed by atoms with Gasteiger partial charge in [0.05, 0.1) is 6.54 Å². The van der Waals surface area contributed by atoms with Crippen LogP contribution in [-0.4, -0.2) is 54.2 Å². The lowest BCUT2D eigenvalue weighted by atomic mass is 10.2. The topological polar surface area (TPSA) is 71.9 Å². The Labute approximate surface area is 186 Å². The average Bonchev–Trinajstić information content (AvgIpc) is 2.81. The molecular weight excluding hydrogens is 409 g/mol. The van der Waals surface area contributed by atoms with E-state index in [1.54, 1.807) is 30.5 Å². The van der Waals surface area contributed by atoms with Crippen LogP contribution < -0.4 is 15.1 Å². The normalized spacial score (nSPS) is 14.2. The smallest absolute Gasteiger partial charge is 0.326 e. The van der Waals surface area contributed by atoms with Gasteiger partial charge < -0.3 is 20.2 Å². The second-order valence-electron chi connectivity index (χ2n) is 7.85. The van der Waals surface area contributed by atoms with Crippen LogP contribution in [0.1, 0.15) is 5.56 Å². The molecule has 0 unspecified atom stereocenters. The van der Waals surface area contributed by atoms with Crippen LogP contribution in [0.2, 0.25) is 0 Å². The lowest BCUT2D eigenvalue weighted by Gasteiger charge is -2.33. The van der Waals surface area contributed by atoms with Crippen LogP contribution in [-0.2, 0) is 6.54 Å². The average molecular weight is 436 g/mol. The molecule has 1 aliphatic rings. The van der Waals surface area contributed by atoms with Gasteiger partial charge in [-0.1, -0.05) is 6.07 Å². The molecule has 1 aliphatic heterocycles. The standard InChI is InChI=1S/C24H26FN5O2/c1-28-12-14-29(15-13-28)23-11-2-18(16-26-23)17-30(21-7-3-19(25)4-8-21)24(32)27-20-5-9-22(31)10-6-20/h2-11,16,31H,12-15,17H2,1H3,(H,27,32). The number of piperazine rings is 1. The summed E-state index contributed by atoms with van der Waals surface area (Å²) in [7, 11) is 2.11. The van der Waals surface area contributed by atoms with Crippen molar-refractivity contribution < 1.29 is 14.3 Å². The number of rotatable bonds is 5. The second-order valence-corrected chi connectivity index (χ2v) is 7.85. The third-order valence-electron chi connectivity index (χ3n) is 5.48. The molecule has 0 radical (unpaired) electrons. The zero-order valence-electron chi connectivity index (χ0n) is 17.9. The van der Waals surface area contributed by atoms with Crippen LogP contribution in [0.5, 0.6) is 5.75 Å². The molecule has 8 heteroatoms. The Kier molecular flexibility index (Phi) is 6.51. The molecule has 32 heavy (non-hydrogen) atoms. The maximum absolute atomic E-state index is 13.4. The van der Waals surface area contributed by atoms with Crippen molar-refractivity contribution >= 4 is 23.2 Å². The van der Waals surface area contributed by atoms with E-state index in [2.05, 4.69) is 27.1 Å². The number of nitrogens with one attached hydrogen (secondary N) is 1. The van der Waals surface area contributed by atoms with Gasteiger partial charge >= 0.3 is 6.03 Å². The van der Waals surface area contributed by atoms with Crippen LogP contribution in [0.25, 0.3) is 0 Å². The van der Waals surface area contributed by atoms with Crippen LogP contribution in [0, 0.1) is 5.82 Å². The van der Waals surface area contributed by atoms with Gasteiger partial charge in [-0.25, -0.2) is 14.2 Å². The number of benzene rings is 2. The predicted octanol–water partition coefficient (Wildman–Crippen LogP) is 3.92. The van der Waals surface area contributed by atoms with Crippen molar-refractivity contribution in [1.29, 1.82) is 0 Å². The first kappa shape index (κ1) is 21.6. The van der Waals surface area contributed by atoms with E-state index in [0.717, 1.165) is 37.6 Å². The van der Waals surface area contributed by atoms with Gasteiger partial charge in [-0.15, -0.1) is 0 Å². The molecule has 7 nitrogen and oxygen atoms in total. The molecule has 1 aromatic heterocycles. The van der Waals surface area contributed by atoms with Crippen molar-refractivity contribution in [3.8, 4) is 5.75 Å². The summed E-state index contributed by atoms with van der Waals surface area (Å²) in [6, 6.07) is 15.6. The Bertz CT molecular complexity index is 1030. The predicted molar refractivity (Wildman–Crippen MR) is 124 cm³/mol. The molecule has 0 aliphatic carbocycles. The summed E-state index contributed by atoms with van der Waals surface area (Å²) in [5.41, 5.74) is 1.96. The Morgan fingerprint density at radius 1 is 1.03 bits per heavy atom. The van der Waals surface area contributed by atoms with Crippen LogP contribution in [0.15, 0.2) is 66.9 Å². The van der Waals surface area contributed by atoms with Gasteiger partial charge in [0.15, 0.2) is 0 Å². The molecule has 2 heterocycles. The van der Waals surface area contributed by atoms with Gasteiger partial charge in [-0.05, 0) is 67.2 Å². The van der Waals surface area contributed by atoms with E-state index in [1.165, 1.54) is 29.2 Å². The second kappa shape index (κ2) is 9.65.